The number of benzene rings is 1. The van der Waals surface area contributed by atoms with Gasteiger partial charge in [-0.05, 0) is 43.0 Å². The highest BCUT2D eigenvalue weighted by Crippen LogP contribution is 2.38. The lowest BCUT2D eigenvalue weighted by Gasteiger charge is -2.39. The molecule has 4 rings (SSSR count). The van der Waals surface area contributed by atoms with E-state index in [1.807, 2.05) is 0 Å². The van der Waals surface area contributed by atoms with Crippen molar-refractivity contribution in [2.45, 2.75) is 38.0 Å². The van der Waals surface area contributed by atoms with Crippen molar-refractivity contribution in [3.8, 4) is 0 Å². The fourth-order valence-corrected chi connectivity index (χ4v) is 4.59. The van der Waals surface area contributed by atoms with Crippen LogP contribution >= 0.6 is 0 Å². The van der Waals surface area contributed by atoms with Crippen LogP contribution in [0.15, 0.2) is 30.5 Å². The normalized spacial score (nSPS) is 25.8. The van der Waals surface area contributed by atoms with E-state index >= 15 is 0 Å². The number of rotatable bonds is 3. The average molecular weight is 406 g/mol. The lowest BCUT2D eigenvalue weighted by molar-refractivity contribution is -0.136. The molecule has 1 aromatic carbocycles. The summed E-state index contributed by atoms with van der Waals surface area (Å²) in [5.41, 5.74) is 0.0262. The molecule has 29 heavy (non-hydrogen) atoms. The molecule has 2 fully saturated rings. The molecule has 1 aromatic heterocycles. The number of hydrogen-bond donors (Lipinski definition) is 1. The second-order valence-corrected chi connectivity index (χ2v) is 8.24. The van der Waals surface area contributed by atoms with Crippen molar-refractivity contribution < 1.29 is 18.0 Å². The molecule has 0 bridgehead atoms. The number of anilines is 1. The number of likely N-dealkylation sites (tertiary alicyclic amines) is 1. The number of aromatic nitrogens is 1. The second-order valence-electron chi connectivity index (χ2n) is 8.24. The molecule has 2 aromatic rings. The van der Waals surface area contributed by atoms with Crippen molar-refractivity contribution in [3.63, 3.8) is 0 Å². The minimum Gasteiger partial charge on any atom is -0.369 e. The molecule has 3 heterocycles. The van der Waals surface area contributed by atoms with Gasteiger partial charge in [-0.15, -0.1) is 0 Å². The summed E-state index contributed by atoms with van der Waals surface area (Å²) in [5, 5.41) is 3.99. The Labute approximate surface area is 167 Å². The van der Waals surface area contributed by atoms with Gasteiger partial charge in [0.1, 0.15) is 0 Å². The number of piperidine rings is 1. The Balaban J connectivity index is 1.62. The van der Waals surface area contributed by atoms with Gasteiger partial charge in [0.25, 0.3) is 0 Å². The zero-order valence-electron chi connectivity index (χ0n) is 16.5. The number of halogens is 3. The summed E-state index contributed by atoms with van der Waals surface area (Å²) in [6, 6.07) is 5.97. The maximum atomic E-state index is 13.4. The molecule has 1 amide bonds. The topological polar surface area (TPSA) is 48.5 Å². The molecule has 5 nitrogen and oxygen atoms in total. The number of nitrogens with one attached hydrogen (secondary N) is 1. The summed E-state index contributed by atoms with van der Waals surface area (Å²) >= 11 is 0. The highest BCUT2D eigenvalue weighted by molar-refractivity contribution is 5.94. The fourth-order valence-electron chi connectivity index (χ4n) is 4.59. The van der Waals surface area contributed by atoms with E-state index in [-0.39, 0.29) is 23.5 Å². The smallest absolute Gasteiger partial charge is 0.369 e. The Kier molecular flexibility index (Phi) is 5.14. The Morgan fingerprint density at radius 2 is 2.00 bits per heavy atom. The quantitative estimate of drug-likeness (QED) is 0.850. The molecular weight excluding hydrogens is 381 g/mol. The predicted octanol–water partition coefficient (Wildman–Crippen LogP) is 3.29. The van der Waals surface area contributed by atoms with Crippen LogP contribution in [0.2, 0.25) is 0 Å². The van der Waals surface area contributed by atoms with Crippen molar-refractivity contribution in [1.29, 1.82) is 0 Å². The van der Waals surface area contributed by atoms with E-state index in [1.54, 1.807) is 30.1 Å². The number of fused-ring (bicyclic) bond motifs is 1. The number of likely N-dealkylation sites (N-methyl/N-ethyl adjacent to an activating group) is 1. The molecule has 0 aliphatic carbocycles. The molecule has 156 valence electrons. The minimum absolute atomic E-state index is 0.0205. The van der Waals surface area contributed by atoms with Gasteiger partial charge in [0.05, 0.1) is 17.1 Å². The van der Waals surface area contributed by atoms with Crippen LogP contribution in [-0.2, 0) is 11.0 Å². The van der Waals surface area contributed by atoms with E-state index in [2.05, 4.69) is 22.1 Å². The molecule has 0 spiro atoms. The number of pyridine rings is 1. The van der Waals surface area contributed by atoms with Gasteiger partial charge in [0.2, 0.25) is 5.91 Å². The highest BCUT2D eigenvalue weighted by atomic mass is 19.4. The number of alkyl halides is 3. The monoisotopic (exact) mass is 406 g/mol. The summed E-state index contributed by atoms with van der Waals surface area (Å²) in [5.74, 6) is 0.462. The molecule has 0 radical (unpaired) electrons. The summed E-state index contributed by atoms with van der Waals surface area (Å²) in [6.07, 6.45) is -1.33. The molecule has 1 N–H and O–H groups in total. The third-order valence-corrected chi connectivity index (χ3v) is 5.92. The molecule has 2 saturated heterocycles. The van der Waals surface area contributed by atoms with Gasteiger partial charge in [-0.3, -0.25) is 9.78 Å². The van der Waals surface area contributed by atoms with Gasteiger partial charge in [0.15, 0.2) is 0 Å². The predicted molar refractivity (Wildman–Crippen MR) is 106 cm³/mol. The van der Waals surface area contributed by atoms with Gasteiger partial charge < -0.3 is 15.1 Å². The van der Waals surface area contributed by atoms with Crippen LogP contribution < -0.4 is 10.2 Å². The molecular formula is C21H25F3N4O. The van der Waals surface area contributed by atoms with Crippen molar-refractivity contribution >= 4 is 22.5 Å². The lowest BCUT2D eigenvalue weighted by atomic mass is 9.94. The van der Waals surface area contributed by atoms with Crippen molar-refractivity contribution in [2.75, 3.05) is 31.6 Å². The van der Waals surface area contributed by atoms with Crippen LogP contribution in [0.5, 0.6) is 0 Å². The molecule has 0 saturated carbocycles. The Morgan fingerprint density at radius 1 is 1.21 bits per heavy atom. The van der Waals surface area contributed by atoms with Crippen molar-refractivity contribution in [3.05, 3.63) is 36.0 Å². The zero-order chi connectivity index (χ0) is 20.8. The Bertz CT molecular complexity index is 916. The first-order valence-electron chi connectivity index (χ1n) is 9.95. The minimum atomic E-state index is -4.45. The Hall–Kier alpha value is -2.35. The SMILES string of the molecule is C[C@H]1C[C@@H](NC2CCN(C)C2=O)CN(c2ccc(C(F)(F)F)c3ncccc23)C1. The van der Waals surface area contributed by atoms with E-state index in [0.29, 0.717) is 17.8 Å². The summed E-state index contributed by atoms with van der Waals surface area (Å²) in [6.45, 7) is 4.28. The van der Waals surface area contributed by atoms with Crippen LogP contribution in [0.25, 0.3) is 10.9 Å². The summed E-state index contributed by atoms with van der Waals surface area (Å²) in [7, 11) is 1.81. The number of nitrogens with zero attached hydrogens (tertiary/aromatic N) is 3. The van der Waals surface area contributed by atoms with Crippen molar-refractivity contribution in [1.82, 2.24) is 15.2 Å². The molecule has 2 aliphatic rings. The maximum Gasteiger partial charge on any atom is 0.418 e. The zero-order valence-corrected chi connectivity index (χ0v) is 16.5. The van der Waals surface area contributed by atoms with E-state index in [1.165, 1.54) is 6.20 Å². The summed E-state index contributed by atoms with van der Waals surface area (Å²) in [4.78, 5) is 20.1. The van der Waals surface area contributed by atoms with Gasteiger partial charge in [-0.2, -0.15) is 13.2 Å². The van der Waals surface area contributed by atoms with Crippen molar-refractivity contribution in [2.24, 2.45) is 5.92 Å². The third-order valence-electron chi connectivity index (χ3n) is 5.92. The largest absolute Gasteiger partial charge is 0.418 e. The molecule has 8 heteroatoms. The third kappa shape index (κ3) is 3.90. The summed E-state index contributed by atoms with van der Waals surface area (Å²) < 4.78 is 40.2. The standard InChI is InChI=1S/C21H25F3N4O/c1-13-10-14(26-17-7-9-27(2)20(17)29)12-28(11-13)18-6-5-16(21(22,23)24)19-15(18)4-3-8-25-19/h3-6,8,13-14,17,26H,7,9-12H2,1-2H3/t13-,14+,17?/m0/s1. The van der Waals surface area contributed by atoms with Gasteiger partial charge in [0, 0.05) is 50.0 Å². The fraction of sp³-hybridized carbons (Fsp3) is 0.524. The number of hydrogen-bond acceptors (Lipinski definition) is 4. The van der Waals surface area contributed by atoms with E-state index in [0.717, 1.165) is 37.7 Å². The van der Waals surface area contributed by atoms with Gasteiger partial charge in [-0.25, -0.2) is 0 Å². The van der Waals surface area contributed by atoms with E-state index in [9.17, 15) is 18.0 Å². The molecule has 2 aliphatic heterocycles. The maximum absolute atomic E-state index is 13.4. The number of amides is 1. The van der Waals surface area contributed by atoms with E-state index < -0.39 is 11.7 Å². The number of carbonyl (C=O) groups excluding carboxylic acids is 1. The molecule has 1 unspecified atom stereocenters. The van der Waals surface area contributed by atoms with Gasteiger partial charge >= 0.3 is 6.18 Å². The second kappa shape index (κ2) is 7.48. The van der Waals surface area contributed by atoms with Crippen LogP contribution in [0.3, 0.4) is 0 Å². The highest BCUT2D eigenvalue weighted by Gasteiger charge is 2.36. The molecule has 3 atom stereocenters. The Morgan fingerprint density at radius 3 is 2.69 bits per heavy atom. The first-order valence-corrected chi connectivity index (χ1v) is 9.95. The lowest BCUT2D eigenvalue weighted by Crippen LogP contribution is -2.53. The average Bonchev–Trinajstić information content (AvgIpc) is 2.98. The van der Waals surface area contributed by atoms with Gasteiger partial charge in [-0.1, -0.05) is 6.92 Å². The van der Waals surface area contributed by atoms with Crippen LogP contribution in [0.1, 0.15) is 25.3 Å². The van der Waals surface area contributed by atoms with Crippen LogP contribution in [0.4, 0.5) is 18.9 Å². The van der Waals surface area contributed by atoms with Crippen LogP contribution in [-0.4, -0.2) is 54.6 Å². The van der Waals surface area contributed by atoms with Crippen LogP contribution in [0, 0.1) is 5.92 Å². The first-order chi connectivity index (χ1) is 13.7. The van der Waals surface area contributed by atoms with E-state index in [4.69, 9.17) is 0 Å². The first kappa shape index (κ1) is 19.9. The number of carbonyl (C=O) groups is 1.